The zero-order valence-corrected chi connectivity index (χ0v) is 13.5. The molecule has 0 bridgehead atoms. The highest BCUT2D eigenvalue weighted by Gasteiger charge is 2.31. The Morgan fingerprint density at radius 3 is 2.23 bits per heavy atom. The lowest BCUT2D eigenvalue weighted by Crippen LogP contribution is -2.14. The van der Waals surface area contributed by atoms with Crippen LogP contribution in [-0.4, -0.2) is 13.3 Å². The first kappa shape index (κ1) is 16.2. The third kappa shape index (κ3) is 3.71. The second-order valence-corrected chi connectivity index (χ2v) is 7.02. The number of nitro groups is 1. The van der Waals surface area contributed by atoms with E-state index in [1.165, 1.54) is 24.3 Å². The molecule has 2 aromatic carbocycles. The number of hydrogen-bond acceptors (Lipinski definition) is 5. The molecule has 0 amide bonds. The molecule has 0 atom stereocenters. The highest BCUT2D eigenvalue weighted by Crippen LogP contribution is 2.20. The van der Waals surface area contributed by atoms with Crippen molar-refractivity contribution in [3.05, 3.63) is 80.4 Å². The Kier molecular flexibility index (Phi) is 4.94. The van der Waals surface area contributed by atoms with Crippen molar-refractivity contribution in [3.63, 3.8) is 0 Å². The monoisotopic (exact) mass is 382 g/mol. The summed E-state index contributed by atoms with van der Waals surface area (Å²) < 4.78 is 25.4. The molecule has 6 nitrogen and oxygen atoms in total. The minimum Gasteiger partial charge on any atom is -0.355 e. The van der Waals surface area contributed by atoms with Gasteiger partial charge in [-0.05, 0) is 36.4 Å². The molecule has 0 heterocycles. The van der Waals surface area contributed by atoms with Gasteiger partial charge >= 0.3 is 5.03 Å². The second kappa shape index (κ2) is 6.71. The summed E-state index contributed by atoms with van der Waals surface area (Å²) in [5, 5.41) is 12.8. The van der Waals surface area contributed by atoms with Crippen molar-refractivity contribution in [2.45, 2.75) is 4.90 Å². The molecule has 8 heteroatoms. The van der Waals surface area contributed by atoms with Crippen molar-refractivity contribution in [2.75, 3.05) is 5.32 Å². The minimum absolute atomic E-state index is 0.129. The second-order valence-electron chi connectivity index (χ2n) is 4.21. The maximum atomic E-state index is 12.3. The molecule has 114 valence electrons. The van der Waals surface area contributed by atoms with Crippen molar-refractivity contribution < 1.29 is 13.3 Å². The summed E-state index contributed by atoms with van der Waals surface area (Å²) in [6, 6.07) is 14.1. The molecule has 0 radical (unpaired) electrons. The van der Waals surface area contributed by atoms with Crippen molar-refractivity contribution in [2.24, 2.45) is 0 Å². The number of rotatable bonds is 5. The van der Waals surface area contributed by atoms with Gasteiger partial charge in [0.1, 0.15) is 0 Å². The number of sulfone groups is 1. The Morgan fingerprint density at radius 2 is 1.68 bits per heavy atom. The molecule has 0 saturated heterocycles. The number of anilines is 1. The lowest BCUT2D eigenvalue weighted by Gasteiger charge is -2.04. The quantitative estimate of drug-likeness (QED) is 0.631. The topological polar surface area (TPSA) is 89.3 Å². The molecule has 2 rings (SSSR count). The molecule has 0 aliphatic rings. The van der Waals surface area contributed by atoms with Gasteiger partial charge in [-0.15, -0.1) is 0 Å². The van der Waals surface area contributed by atoms with Gasteiger partial charge in [0.25, 0.3) is 9.84 Å². The van der Waals surface area contributed by atoms with Crippen LogP contribution in [0, 0.1) is 10.1 Å². The summed E-state index contributed by atoms with van der Waals surface area (Å²) in [6.07, 6.45) is 0.881. The fourth-order valence-electron chi connectivity index (χ4n) is 1.64. The highest BCUT2D eigenvalue weighted by molar-refractivity contribution is 9.10. The normalized spacial score (nSPS) is 12.0. The van der Waals surface area contributed by atoms with Crippen LogP contribution in [0.4, 0.5) is 5.69 Å². The van der Waals surface area contributed by atoms with E-state index in [0.717, 1.165) is 10.7 Å². The van der Waals surface area contributed by atoms with E-state index >= 15 is 0 Å². The number of benzene rings is 2. The van der Waals surface area contributed by atoms with Gasteiger partial charge in [-0.25, -0.2) is 8.42 Å². The van der Waals surface area contributed by atoms with Gasteiger partial charge in [0.15, 0.2) is 0 Å². The lowest BCUT2D eigenvalue weighted by atomic mass is 10.3. The van der Waals surface area contributed by atoms with Gasteiger partial charge in [-0.3, -0.25) is 10.1 Å². The standard InChI is InChI=1S/C14H11BrN2O4S/c15-11-6-8-12(9-7-11)16-10-14(17(18)19)22(20,21)13-4-2-1-3-5-13/h1-10,16H. The van der Waals surface area contributed by atoms with Gasteiger partial charge in [0, 0.05) is 10.2 Å². The predicted molar refractivity (Wildman–Crippen MR) is 86.5 cm³/mol. The molecule has 0 fully saturated rings. The average Bonchev–Trinajstić information content (AvgIpc) is 2.50. The molecule has 0 aromatic heterocycles. The first-order valence-electron chi connectivity index (χ1n) is 6.08. The van der Waals surface area contributed by atoms with Crippen molar-refractivity contribution in [3.8, 4) is 0 Å². The van der Waals surface area contributed by atoms with E-state index in [0.29, 0.717) is 5.69 Å². The molecule has 1 N–H and O–H groups in total. The van der Waals surface area contributed by atoms with Crippen LogP contribution in [0.15, 0.2) is 75.2 Å². The van der Waals surface area contributed by atoms with Crippen LogP contribution in [0.25, 0.3) is 0 Å². The van der Waals surface area contributed by atoms with Gasteiger partial charge < -0.3 is 5.32 Å². The molecule has 0 aliphatic carbocycles. The molecule has 0 unspecified atom stereocenters. The minimum atomic E-state index is -4.19. The van der Waals surface area contributed by atoms with E-state index in [2.05, 4.69) is 21.2 Å². The van der Waals surface area contributed by atoms with Crippen molar-refractivity contribution in [1.29, 1.82) is 0 Å². The molecule has 0 spiro atoms. The van der Waals surface area contributed by atoms with Gasteiger partial charge in [-0.2, -0.15) is 0 Å². The Balaban J connectivity index is 2.36. The third-order valence-corrected chi connectivity index (χ3v) is 4.95. The van der Waals surface area contributed by atoms with Gasteiger partial charge in [0.05, 0.1) is 16.0 Å². The van der Waals surface area contributed by atoms with E-state index < -0.39 is 19.8 Å². The highest BCUT2D eigenvalue weighted by atomic mass is 79.9. The zero-order valence-electron chi connectivity index (χ0n) is 11.1. The predicted octanol–water partition coefficient (Wildman–Crippen LogP) is 3.41. The zero-order chi connectivity index (χ0) is 16.2. The Labute approximate surface area is 135 Å². The molecular weight excluding hydrogens is 372 g/mol. The van der Waals surface area contributed by atoms with E-state index in [9.17, 15) is 18.5 Å². The largest absolute Gasteiger partial charge is 0.379 e. The first-order chi connectivity index (χ1) is 10.4. The lowest BCUT2D eigenvalue weighted by molar-refractivity contribution is -0.411. The fraction of sp³-hybridized carbons (Fsp3) is 0. The van der Waals surface area contributed by atoms with Crippen molar-refractivity contribution >= 4 is 31.5 Å². The van der Waals surface area contributed by atoms with Crippen LogP contribution >= 0.6 is 15.9 Å². The molecular formula is C14H11BrN2O4S. The summed E-state index contributed by atoms with van der Waals surface area (Å²) in [6.45, 7) is 0. The molecule has 22 heavy (non-hydrogen) atoms. The maximum Gasteiger partial charge on any atom is 0.379 e. The molecule has 0 aliphatic heterocycles. The smallest absolute Gasteiger partial charge is 0.355 e. The van der Waals surface area contributed by atoms with E-state index in [1.807, 2.05) is 0 Å². The van der Waals surface area contributed by atoms with Crippen LogP contribution in [0.3, 0.4) is 0 Å². The number of nitrogens with zero attached hydrogens (tertiary/aromatic N) is 1. The first-order valence-corrected chi connectivity index (χ1v) is 8.35. The maximum absolute atomic E-state index is 12.3. The van der Waals surface area contributed by atoms with Gasteiger partial charge in [0.2, 0.25) is 0 Å². The fourth-order valence-corrected chi connectivity index (χ4v) is 3.07. The van der Waals surface area contributed by atoms with Crippen molar-refractivity contribution in [1.82, 2.24) is 0 Å². The Morgan fingerprint density at radius 1 is 1.09 bits per heavy atom. The number of hydrogen-bond donors (Lipinski definition) is 1. The Hall–Kier alpha value is -2.19. The summed E-state index contributed by atoms with van der Waals surface area (Å²) in [7, 11) is -4.19. The van der Waals surface area contributed by atoms with Crippen LogP contribution < -0.4 is 5.32 Å². The van der Waals surface area contributed by atoms with E-state index in [4.69, 9.17) is 0 Å². The van der Waals surface area contributed by atoms with Crippen LogP contribution in [0.2, 0.25) is 0 Å². The summed E-state index contributed by atoms with van der Waals surface area (Å²) in [5.74, 6) is 0. The SMILES string of the molecule is O=[N+]([O-])C(=CNc1ccc(Br)cc1)S(=O)(=O)c1ccccc1. The summed E-state index contributed by atoms with van der Waals surface area (Å²) >= 11 is 3.26. The third-order valence-electron chi connectivity index (χ3n) is 2.72. The number of nitrogens with one attached hydrogen (secondary N) is 1. The van der Waals surface area contributed by atoms with E-state index in [1.54, 1.807) is 30.3 Å². The van der Waals surface area contributed by atoms with Gasteiger partial charge in [-0.1, -0.05) is 34.1 Å². The van der Waals surface area contributed by atoms with E-state index in [-0.39, 0.29) is 4.90 Å². The van der Waals surface area contributed by atoms with Crippen LogP contribution in [0.5, 0.6) is 0 Å². The van der Waals surface area contributed by atoms with Crippen LogP contribution in [0.1, 0.15) is 0 Å². The molecule has 0 saturated carbocycles. The number of halogens is 1. The average molecular weight is 383 g/mol. The van der Waals surface area contributed by atoms with Crippen LogP contribution in [-0.2, 0) is 9.84 Å². The summed E-state index contributed by atoms with van der Waals surface area (Å²) in [4.78, 5) is 10.1. The summed E-state index contributed by atoms with van der Waals surface area (Å²) in [5.41, 5.74) is 0.533. The Bertz CT molecular complexity index is 802. The molecule has 2 aromatic rings.